The topological polar surface area (TPSA) is 38.4 Å². The second kappa shape index (κ2) is 4.65. The maximum Gasteiger partial charge on any atom is 0.0498 e. The van der Waals surface area contributed by atoms with Crippen molar-refractivity contribution in [1.82, 2.24) is 0 Å². The van der Waals surface area contributed by atoms with Crippen LogP contribution in [-0.4, -0.2) is 18.8 Å². The molecule has 0 aromatic rings. The minimum absolute atomic E-state index is 0.0422. The number of hydrogen-bond acceptors (Lipinski definition) is 2. The smallest absolute Gasteiger partial charge is 0.0498 e. The summed E-state index contributed by atoms with van der Waals surface area (Å²) in [5, 5.41) is 0. The van der Waals surface area contributed by atoms with E-state index in [-0.39, 0.29) is 11.5 Å². The number of allylic oxidation sites excluding steroid dienone is 2. The Bertz CT molecular complexity index is 407. The molecule has 0 bridgehead atoms. The first-order chi connectivity index (χ1) is 8.41. The summed E-state index contributed by atoms with van der Waals surface area (Å²) in [4.78, 5) is 4.52. The third-order valence-corrected chi connectivity index (χ3v) is 5.30. The fraction of sp³-hybridized carbons (Fsp3) is 0.688. The Hall–Kier alpha value is -0.890. The van der Waals surface area contributed by atoms with Crippen LogP contribution >= 0.6 is 0 Å². The predicted octanol–water partition coefficient (Wildman–Crippen LogP) is 3.20. The van der Waals surface area contributed by atoms with Crippen LogP contribution in [0.2, 0.25) is 0 Å². The highest BCUT2D eigenvalue weighted by atomic mass is 14.8. The van der Waals surface area contributed by atoms with Crippen molar-refractivity contribution < 1.29 is 0 Å². The molecule has 0 radical (unpaired) electrons. The molecule has 5 atom stereocenters. The lowest BCUT2D eigenvalue weighted by molar-refractivity contribution is 0.103. The van der Waals surface area contributed by atoms with E-state index in [4.69, 9.17) is 5.73 Å². The average molecular weight is 246 g/mol. The fourth-order valence-electron chi connectivity index (χ4n) is 3.76. The van der Waals surface area contributed by atoms with Crippen molar-refractivity contribution in [2.75, 3.05) is 7.05 Å². The van der Waals surface area contributed by atoms with Crippen LogP contribution in [0.25, 0.3) is 0 Å². The molecule has 2 aliphatic carbocycles. The molecule has 0 aliphatic heterocycles. The molecule has 2 nitrogen and oxygen atoms in total. The monoisotopic (exact) mass is 246 g/mol. The summed E-state index contributed by atoms with van der Waals surface area (Å²) in [5.74, 6) is 1.47. The Balaban J connectivity index is 2.46. The van der Waals surface area contributed by atoms with Crippen molar-refractivity contribution in [3.8, 4) is 0 Å². The van der Waals surface area contributed by atoms with Gasteiger partial charge in [0, 0.05) is 30.6 Å². The Morgan fingerprint density at radius 1 is 1.56 bits per heavy atom. The zero-order valence-corrected chi connectivity index (χ0v) is 12.1. The van der Waals surface area contributed by atoms with Gasteiger partial charge in [0.15, 0.2) is 0 Å². The van der Waals surface area contributed by atoms with Crippen LogP contribution in [0.1, 0.15) is 33.6 Å². The number of nitrogens with two attached hydrogens (primary N) is 1. The highest BCUT2D eigenvalue weighted by Gasteiger charge is 2.50. The third-order valence-electron chi connectivity index (χ3n) is 5.30. The van der Waals surface area contributed by atoms with E-state index in [0.29, 0.717) is 17.8 Å². The quantitative estimate of drug-likeness (QED) is 0.709. The Labute approximate surface area is 111 Å². The molecule has 0 saturated heterocycles. The van der Waals surface area contributed by atoms with Gasteiger partial charge in [-0.25, -0.2) is 0 Å². The van der Waals surface area contributed by atoms with Gasteiger partial charge in [-0.05, 0) is 31.1 Å². The molecular formula is C16H26N2. The van der Waals surface area contributed by atoms with Crippen molar-refractivity contribution >= 4 is 5.71 Å². The minimum atomic E-state index is 0.0422. The summed E-state index contributed by atoms with van der Waals surface area (Å²) < 4.78 is 0. The van der Waals surface area contributed by atoms with E-state index in [1.807, 2.05) is 7.05 Å². The van der Waals surface area contributed by atoms with Gasteiger partial charge < -0.3 is 5.73 Å². The van der Waals surface area contributed by atoms with E-state index in [1.165, 1.54) is 17.7 Å². The molecule has 1 fully saturated rings. The summed E-state index contributed by atoms with van der Waals surface area (Å²) >= 11 is 0. The largest absolute Gasteiger partial charge is 0.322 e. The Kier molecular flexibility index (Phi) is 3.50. The average Bonchev–Trinajstić information content (AvgIpc) is 2.31. The lowest BCUT2D eigenvalue weighted by atomic mass is 9.53. The number of hydrogen-bond donors (Lipinski definition) is 1. The van der Waals surface area contributed by atoms with Crippen LogP contribution in [0.5, 0.6) is 0 Å². The molecule has 100 valence electrons. The van der Waals surface area contributed by atoms with E-state index in [1.54, 1.807) is 0 Å². The normalized spacial score (nSPS) is 45.9. The van der Waals surface area contributed by atoms with Gasteiger partial charge in [-0.15, -0.1) is 0 Å². The van der Waals surface area contributed by atoms with Gasteiger partial charge in [0.1, 0.15) is 0 Å². The summed E-state index contributed by atoms with van der Waals surface area (Å²) in [6.07, 6.45) is 6.94. The molecule has 2 rings (SSSR count). The zero-order chi connectivity index (χ0) is 13.5. The SMILES string of the molecule is C=C(C)C1CC2(C)C(C)CC=CC2C(=NC)C1N. The standard InChI is InChI=1S/C16H26N2/c1-10(2)12-9-16(4)11(3)7-6-8-13(16)15(18-5)14(12)17/h6,8,11-14H,1,7,9,17H2,2-5H3. The Morgan fingerprint density at radius 3 is 2.78 bits per heavy atom. The van der Waals surface area contributed by atoms with Crippen molar-refractivity contribution in [2.24, 2.45) is 33.9 Å². The molecule has 0 amide bonds. The summed E-state index contributed by atoms with van der Waals surface area (Å²) in [7, 11) is 1.88. The van der Waals surface area contributed by atoms with Gasteiger partial charge in [-0.2, -0.15) is 0 Å². The second-order valence-corrected chi connectivity index (χ2v) is 6.38. The third kappa shape index (κ3) is 1.87. The van der Waals surface area contributed by atoms with Crippen molar-refractivity contribution in [3.05, 3.63) is 24.3 Å². The van der Waals surface area contributed by atoms with E-state index in [2.05, 4.69) is 44.5 Å². The van der Waals surface area contributed by atoms with Crippen LogP contribution in [0.15, 0.2) is 29.3 Å². The number of nitrogens with zero attached hydrogens (tertiary/aromatic N) is 1. The Morgan fingerprint density at radius 2 is 2.22 bits per heavy atom. The molecule has 2 N–H and O–H groups in total. The summed E-state index contributed by atoms with van der Waals surface area (Å²) in [5.41, 5.74) is 9.07. The first-order valence-electron chi connectivity index (χ1n) is 6.96. The second-order valence-electron chi connectivity index (χ2n) is 6.38. The van der Waals surface area contributed by atoms with Crippen LogP contribution in [-0.2, 0) is 0 Å². The molecule has 5 unspecified atom stereocenters. The predicted molar refractivity (Wildman–Crippen MR) is 78.8 cm³/mol. The molecule has 0 aromatic heterocycles. The highest BCUT2D eigenvalue weighted by Crippen LogP contribution is 2.52. The molecule has 2 aliphatic rings. The minimum Gasteiger partial charge on any atom is -0.322 e. The lowest BCUT2D eigenvalue weighted by Gasteiger charge is -2.52. The molecular weight excluding hydrogens is 220 g/mol. The maximum atomic E-state index is 6.42. The van der Waals surface area contributed by atoms with E-state index < -0.39 is 0 Å². The molecule has 0 spiro atoms. The van der Waals surface area contributed by atoms with Gasteiger partial charge in [0.25, 0.3) is 0 Å². The summed E-state index contributed by atoms with van der Waals surface area (Å²) in [6.45, 7) is 11.0. The van der Waals surface area contributed by atoms with Crippen LogP contribution < -0.4 is 5.73 Å². The van der Waals surface area contributed by atoms with Crippen LogP contribution in [0.4, 0.5) is 0 Å². The number of aliphatic imine (C=N–C) groups is 1. The molecule has 2 heteroatoms. The fourth-order valence-corrected chi connectivity index (χ4v) is 3.76. The molecule has 1 saturated carbocycles. The van der Waals surface area contributed by atoms with E-state index >= 15 is 0 Å². The molecule has 0 aromatic carbocycles. The van der Waals surface area contributed by atoms with Gasteiger partial charge in [0.2, 0.25) is 0 Å². The lowest BCUT2D eigenvalue weighted by Crippen LogP contribution is -2.55. The first-order valence-corrected chi connectivity index (χ1v) is 6.96. The van der Waals surface area contributed by atoms with E-state index in [0.717, 1.165) is 6.42 Å². The van der Waals surface area contributed by atoms with Crippen LogP contribution in [0, 0.1) is 23.2 Å². The number of fused-ring (bicyclic) bond motifs is 1. The van der Waals surface area contributed by atoms with Gasteiger partial charge in [-0.1, -0.05) is 38.2 Å². The van der Waals surface area contributed by atoms with Crippen molar-refractivity contribution in [2.45, 2.75) is 39.7 Å². The zero-order valence-electron chi connectivity index (χ0n) is 12.1. The van der Waals surface area contributed by atoms with Crippen LogP contribution in [0.3, 0.4) is 0 Å². The molecule has 0 heterocycles. The van der Waals surface area contributed by atoms with Crippen molar-refractivity contribution in [3.63, 3.8) is 0 Å². The van der Waals surface area contributed by atoms with Crippen molar-refractivity contribution in [1.29, 1.82) is 0 Å². The van der Waals surface area contributed by atoms with Gasteiger partial charge >= 0.3 is 0 Å². The first kappa shape index (κ1) is 13.5. The summed E-state index contributed by atoms with van der Waals surface area (Å²) in [6, 6.07) is 0.0422. The highest BCUT2D eigenvalue weighted by molar-refractivity contribution is 5.95. The van der Waals surface area contributed by atoms with Gasteiger partial charge in [-0.3, -0.25) is 4.99 Å². The maximum absolute atomic E-state index is 6.42. The molecule has 18 heavy (non-hydrogen) atoms. The van der Waals surface area contributed by atoms with E-state index in [9.17, 15) is 0 Å². The van der Waals surface area contributed by atoms with Gasteiger partial charge in [0.05, 0.1) is 0 Å². The number of rotatable bonds is 1.